The lowest BCUT2D eigenvalue weighted by Gasteiger charge is -2.11. The predicted molar refractivity (Wildman–Crippen MR) is 79.0 cm³/mol. The summed E-state index contributed by atoms with van der Waals surface area (Å²) >= 11 is 0. The molecule has 2 heteroatoms. The maximum atomic E-state index is 5.62. The molecule has 0 saturated carbocycles. The van der Waals surface area contributed by atoms with Gasteiger partial charge in [0, 0.05) is 12.6 Å². The molecule has 1 aliphatic rings. The highest BCUT2D eigenvalue weighted by Crippen LogP contribution is 2.22. The van der Waals surface area contributed by atoms with Crippen molar-refractivity contribution in [3.05, 3.63) is 47.1 Å². The molecule has 1 rings (SSSR count). The summed E-state index contributed by atoms with van der Waals surface area (Å²) in [5.41, 5.74) is 3.75. The van der Waals surface area contributed by atoms with E-state index < -0.39 is 0 Å². The SMILES string of the molecule is C/C=C\CC1=C(C(=NC)OCC)C=CCC(C)=C1. The van der Waals surface area contributed by atoms with Gasteiger partial charge in [-0.2, -0.15) is 0 Å². The van der Waals surface area contributed by atoms with Crippen molar-refractivity contribution in [3.8, 4) is 0 Å². The van der Waals surface area contributed by atoms with Crippen LogP contribution in [0.1, 0.15) is 33.6 Å². The van der Waals surface area contributed by atoms with E-state index in [9.17, 15) is 0 Å². The first-order valence-electron chi connectivity index (χ1n) is 6.50. The molecule has 0 atom stereocenters. The molecule has 0 aromatic heterocycles. The van der Waals surface area contributed by atoms with Crippen molar-refractivity contribution in [1.82, 2.24) is 0 Å². The van der Waals surface area contributed by atoms with Crippen LogP contribution in [-0.2, 0) is 4.74 Å². The number of rotatable bonds is 4. The van der Waals surface area contributed by atoms with Gasteiger partial charge in [0.05, 0.1) is 6.61 Å². The van der Waals surface area contributed by atoms with Crippen LogP contribution in [0, 0.1) is 0 Å². The van der Waals surface area contributed by atoms with Crippen LogP contribution >= 0.6 is 0 Å². The Morgan fingerprint density at radius 2 is 2.28 bits per heavy atom. The van der Waals surface area contributed by atoms with Gasteiger partial charge in [0.15, 0.2) is 0 Å². The van der Waals surface area contributed by atoms with Gasteiger partial charge in [-0.15, -0.1) is 0 Å². The zero-order chi connectivity index (χ0) is 13.4. The van der Waals surface area contributed by atoms with Gasteiger partial charge in [-0.3, -0.25) is 4.99 Å². The fourth-order valence-corrected chi connectivity index (χ4v) is 1.93. The lowest BCUT2D eigenvalue weighted by atomic mass is 10.0. The van der Waals surface area contributed by atoms with Crippen molar-refractivity contribution in [2.24, 2.45) is 4.99 Å². The minimum Gasteiger partial charge on any atom is -0.478 e. The highest BCUT2D eigenvalue weighted by atomic mass is 16.5. The van der Waals surface area contributed by atoms with E-state index in [0.29, 0.717) is 6.61 Å². The van der Waals surface area contributed by atoms with Gasteiger partial charge in [0.1, 0.15) is 0 Å². The molecular formula is C16H23NO. The van der Waals surface area contributed by atoms with Crippen LogP contribution in [0.2, 0.25) is 0 Å². The van der Waals surface area contributed by atoms with Gasteiger partial charge in [-0.25, -0.2) is 0 Å². The van der Waals surface area contributed by atoms with Crippen LogP contribution in [0.4, 0.5) is 0 Å². The van der Waals surface area contributed by atoms with E-state index in [-0.39, 0.29) is 0 Å². The van der Waals surface area contributed by atoms with Crippen LogP contribution in [-0.4, -0.2) is 19.6 Å². The van der Waals surface area contributed by atoms with E-state index in [1.165, 1.54) is 11.1 Å². The molecule has 0 spiro atoms. The van der Waals surface area contributed by atoms with Crippen LogP contribution in [0.15, 0.2) is 52.1 Å². The van der Waals surface area contributed by atoms with E-state index in [2.05, 4.69) is 42.3 Å². The Morgan fingerprint density at radius 1 is 1.50 bits per heavy atom. The highest BCUT2D eigenvalue weighted by Gasteiger charge is 2.11. The average Bonchev–Trinajstić information content (AvgIpc) is 2.55. The molecule has 0 amide bonds. The molecule has 0 aromatic rings. The van der Waals surface area contributed by atoms with Crippen molar-refractivity contribution < 1.29 is 4.74 Å². The number of allylic oxidation sites excluding steroid dienone is 6. The molecule has 1 aliphatic carbocycles. The first kappa shape index (κ1) is 14.5. The van der Waals surface area contributed by atoms with E-state index in [0.717, 1.165) is 24.3 Å². The minimum absolute atomic E-state index is 0.642. The Morgan fingerprint density at radius 3 is 2.89 bits per heavy atom. The normalized spacial score (nSPS) is 17.1. The van der Waals surface area contributed by atoms with Gasteiger partial charge in [-0.05, 0) is 39.2 Å². The van der Waals surface area contributed by atoms with Crippen LogP contribution in [0.5, 0.6) is 0 Å². The fourth-order valence-electron chi connectivity index (χ4n) is 1.93. The number of ether oxygens (including phenoxy) is 1. The van der Waals surface area contributed by atoms with E-state index in [1.807, 2.05) is 13.8 Å². The molecule has 0 radical (unpaired) electrons. The van der Waals surface area contributed by atoms with Gasteiger partial charge >= 0.3 is 0 Å². The summed E-state index contributed by atoms with van der Waals surface area (Å²) in [5, 5.41) is 0. The van der Waals surface area contributed by atoms with Crippen molar-refractivity contribution in [2.75, 3.05) is 13.7 Å². The zero-order valence-electron chi connectivity index (χ0n) is 11.9. The number of hydrogen-bond acceptors (Lipinski definition) is 2. The van der Waals surface area contributed by atoms with Gasteiger partial charge in [0.2, 0.25) is 5.90 Å². The predicted octanol–water partition coefficient (Wildman–Crippen LogP) is 4.22. The third kappa shape index (κ3) is 4.02. The average molecular weight is 245 g/mol. The molecule has 0 fully saturated rings. The molecule has 2 nitrogen and oxygen atoms in total. The summed E-state index contributed by atoms with van der Waals surface area (Å²) in [6.07, 6.45) is 12.7. The van der Waals surface area contributed by atoms with Crippen LogP contribution in [0.25, 0.3) is 0 Å². The Kier molecular flexibility index (Phi) is 6.20. The summed E-state index contributed by atoms with van der Waals surface area (Å²) in [5.74, 6) is 0.735. The first-order valence-corrected chi connectivity index (χ1v) is 6.50. The molecule has 0 unspecified atom stereocenters. The van der Waals surface area contributed by atoms with Crippen LogP contribution in [0.3, 0.4) is 0 Å². The van der Waals surface area contributed by atoms with Crippen molar-refractivity contribution in [2.45, 2.75) is 33.6 Å². The molecule has 0 N–H and O–H groups in total. The lowest BCUT2D eigenvalue weighted by molar-refractivity contribution is 0.327. The summed E-state index contributed by atoms with van der Waals surface area (Å²) in [6, 6.07) is 0. The molecule has 0 aliphatic heterocycles. The van der Waals surface area contributed by atoms with E-state index >= 15 is 0 Å². The molecular weight excluding hydrogens is 222 g/mol. The molecule has 98 valence electrons. The number of nitrogens with zero attached hydrogens (tertiary/aromatic N) is 1. The monoisotopic (exact) mass is 245 g/mol. The number of aliphatic imine (C=N–C) groups is 1. The largest absolute Gasteiger partial charge is 0.478 e. The molecule has 0 saturated heterocycles. The first-order chi connectivity index (χ1) is 8.72. The highest BCUT2D eigenvalue weighted by molar-refractivity contribution is 5.97. The third-order valence-corrected chi connectivity index (χ3v) is 2.78. The Labute approximate surface area is 110 Å². The molecule has 0 aromatic carbocycles. The topological polar surface area (TPSA) is 21.6 Å². The summed E-state index contributed by atoms with van der Waals surface area (Å²) in [7, 11) is 1.78. The smallest absolute Gasteiger partial charge is 0.216 e. The minimum atomic E-state index is 0.642. The quantitative estimate of drug-likeness (QED) is 0.413. The second kappa shape index (κ2) is 7.70. The lowest BCUT2D eigenvalue weighted by Crippen LogP contribution is -2.09. The van der Waals surface area contributed by atoms with Gasteiger partial charge in [-0.1, -0.05) is 36.0 Å². The third-order valence-electron chi connectivity index (χ3n) is 2.78. The summed E-state index contributed by atoms with van der Waals surface area (Å²) in [4.78, 5) is 4.26. The second-order valence-electron chi connectivity index (χ2n) is 4.27. The van der Waals surface area contributed by atoms with Crippen molar-refractivity contribution in [3.63, 3.8) is 0 Å². The zero-order valence-corrected chi connectivity index (χ0v) is 11.9. The second-order valence-corrected chi connectivity index (χ2v) is 4.27. The van der Waals surface area contributed by atoms with Gasteiger partial charge < -0.3 is 4.74 Å². The summed E-state index contributed by atoms with van der Waals surface area (Å²) in [6.45, 7) is 6.83. The van der Waals surface area contributed by atoms with E-state index in [4.69, 9.17) is 4.74 Å². The van der Waals surface area contributed by atoms with Gasteiger partial charge in [0.25, 0.3) is 0 Å². The Balaban J connectivity index is 3.18. The van der Waals surface area contributed by atoms with Crippen molar-refractivity contribution in [1.29, 1.82) is 0 Å². The maximum Gasteiger partial charge on any atom is 0.216 e. The summed E-state index contributed by atoms with van der Waals surface area (Å²) < 4.78 is 5.62. The van der Waals surface area contributed by atoms with E-state index in [1.54, 1.807) is 7.05 Å². The standard InChI is InChI=1S/C16H23NO/c1-5-7-10-14-12-13(3)9-8-11-15(14)16(17-4)18-6-2/h5,7-8,11-12H,6,9-10H2,1-4H3/b7-5-,17-16?. The Hall–Kier alpha value is -1.57. The van der Waals surface area contributed by atoms with Crippen molar-refractivity contribution >= 4 is 5.90 Å². The molecule has 0 bridgehead atoms. The fraction of sp³-hybridized carbons (Fsp3) is 0.438. The van der Waals surface area contributed by atoms with Crippen LogP contribution < -0.4 is 0 Å². The Bertz CT molecular complexity index is 422. The number of hydrogen-bond donors (Lipinski definition) is 0. The molecule has 18 heavy (non-hydrogen) atoms. The molecule has 0 heterocycles. The maximum absolute atomic E-state index is 5.62.